The van der Waals surface area contributed by atoms with Crippen LogP contribution in [0.2, 0.25) is 0 Å². The molecular formula is C12H16N4O2S. The van der Waals surface area contributed by atoms with Gasteiger partial charge < -0.3 is 5.73 Å². The molecule has 1 heterocycles. The molecule has 19 heavy (non-hydrogen) atoms. The first-order valence-corrected chi connectivity index (χ1v) is 6.99. The highest BCUT2D eigenvalue weighted by Gasteiger charge is 2.09. The molecule has 0 spiro atoms. The lowest BCUT2D eigenvalue weighted by molar-refractivity contribution is 0.598. The Morgan fingerprint density at radius 3 is 2.11 bits per heavy atom. The van der Waals surface area contributed by atoms with Gasteiger partial charge in [-0.05, 0) is 32.0 Å². The van der Waals surface area contributed by atoms with Crippen molar-refractivity contribution in [2.75, 3.05) is 5.73 Å². The summed E-state index contributed by atoms with van der Waals surface area (Å²) >= 11 is 0. The first-order valence-electron chi connectivity index (χ1n) is 5.44. The van der Waals surface area contributed by atoms with Crippen molar-refractivity contribution in [3.63, 3.8) is 0 Å². The average molecular weight is 280 g/mol. The van der Waals surface area contributed by atoms with Crippen molar-refractivity contribution in [3.8, 4) is 0 Å². The summed E-state index contributed by atoms with van der Waals surface area (Å²) in [6.45, 7) is 3.84. The van der Waals surface area contributed by atoms with E-state index in [1.807, 2.05) is 19.9 Å². The third kappa shape index (κ3) is 5.02. The second-order valence-corrected chi connectivity index (χ2v) is 5.36. The Morgan fingerprint density at radius 1 is 1.11 bits per heavy atom. The van der Waals surface area contributed by atoms with Gasteiger partial charge in [-0.25, -0.2) is 23.5 Å². The van der Waals surface area contributed by atoms with E-state index >= 15 is 0 Å². The fourth-order valence-electron chi connectivity index (χ4n) is 1.31. The van der Waals surface area contributed by atoms with Crippen LogP contribution in [0.25, 0.3) is 0 Å². The number of nitrogens with two attached hydrogens (primary N) is 2. The van der Waals surface area contributed by atoms with Gasteiger partial charge in [0.15, 0.2) is 0 Å². The number of anilines is 1. The number of aryl methyl sites for hydroxylation is 2. The quantitative estimate of drug-likeness (QED) is 0.757. The van der Waals surface area contributed by atoms with Crippen LogP contribution in [0.4, 0.5) is 5.69 Å². The highest BCUT2D eigenvalue weighted by Crippen LogP contribution is 2.14. The highest BCUT2D eigenvalue weighted by molar-refractivity contribution is 7.89. The van der Waals surface area contributed by atoms with Crippen LogP contribution in [0, 0.1) is 13.8 Å². The first-order chi connectivity index (χ1) is 8.80. The van der Waals surface area contributed by atoms with Crippen molar-refractivity contribution in [3.05, 3.63) is 48.0 Å². The Hall–Kier alpha value is -1.99. The number of rotatable bonds is 1. The summed E-state index contributed by atoms with van der Waals surface area (Å²) in [6.07, 6.45) is 1.76. The maximum absolute atomic E-state index is 10.8. The summed E-state index contributed by atoms with van der Waals surface area (Å²) in [5.41, 5.74) is 6.55. The number of aromatic nitrogens is 2. The van der Waals surface area contributed by atoms with E-state index in [1.165, 1.54) is 12.1 Å². The van der Waals surface area contributed by atoms with E-state index in [1.54, 1.807) is 18.3 Å². The molecule has 7 heteroatoms. The van der Waals surface area contributed by atoms with Crippen molar-refractivity contribution >= 4 is 15.7 Å². The summed E-state index contributed by atoms with van der Waals surface area (Å²) in [7, 11) is -3.66. The third-order valence-corrected chi connectivity index (χ3v) is 3.13. The van der Waals surface area contributed by atoms with Gasteiger partial charge in [-0.1, -0.05) is 12.1 Å². The molecule has 1 aromatic heterocycles. The van der Waals surface area contributed by atoms with Crippen molar-refractivity contribution in [2.24, 2.45) is 5.14 Å². The fraction of sp³-hybridized carbons (Fsp3) is 0.167. The number of sulfonamides is 1. The highest BCUT2D eigenvalue weighted by atomic mass is 32.2. The van der Waals surface area contributed by atoms with Gasteiger partial charge in [0, 0.05) is 11.9 Å². The molecule has 1 aromatic carbocycles. The molecule has 0 atom stereocenters. The molecule has 2 aromatic rings. The van der Waals surface area contributed by atoms with Crippen molar-refractivity contribution in [1.82, 2.24) is 9.97 Å². The lowest BCUT2D eigenvalue weighted by Crippen LogP contribution is -2.13. The molecule has 0 aliphatic rings. The standard InChI is InChI=1S/C6H8N2O2S.C6H8N2/c7-5-3-1-2-4-6(5)11(8,9)10;1-5-3-4-7-6(2)8-5/h1-4H,7H2,(H2,8,9,10);3-4H,1-2H3. The minimum Gasteiger partial charge on any atom is -0.398 e. The molecular weight excluding hydrogens is 264 g/mol. The third-order valence-electron chi connectivity index (χ3n) is 2.14. The fourth-order valence-corrected chi connectivity index (χ4v) is 1.98. The number of primary sulfonamides is 1. The van der Waals surface area contributed by atoms with E-state index in [0.717, 1.165) is 11.5 Å². The van der Waals surface area contributed by atoms with Crippen molar-refractivity contribution in [1.29, 1.82) is 0 Å². The number of hydrogen-bond acceptors (Lipinski definition) is 5. The molecule has 0 unspecified atom stereocenters. The van der Waals surface area contributed by atoms with Crippen LogP contribution in [0.15, 0.2) is 41.4 Å². The van der Waals surface area contributed by atoms with Crippen molar-refractivity contribution < 1.29 is 8.42 Å². The van der Waals surface area contributed by atoms with Crippen LogP contribution in [-0.4, -0.2) is 18.4 Å². The lowest BCUT2D eigenvalue weighted by Gasteiger charge is -2.00. The molecule has 2 rings (SSSR count). The van der Waals surface area contributed by atoms with Crippen LogP contribution in [0.1, 0.15) is 11.5 Å². The van der Waals surface area contributed by atoms with Crippen LogP contribution < -0.4 is 10.9 Å². The van der Waals surface area contributed by atoms with Gasteiger partial charge in [0.1, 0.15) is 10.7 Å². The van der Waals surface area contributed by atoms with Crippen LogP contribution in [-0.2, 0) is 10.0 Å². The molecule has 0 bridgehead atoms. The van der Waals surface area contributed by atoms with E-state index in [2.05, 4.69) is 9.97 Å². The largest absolute Gasteiger partial charge is 0.398 e. The maximum atomic E-state index is 10.8. The summed E-state index contributed by atoms with van der Waals surface area (Å²) in [6, 6.07) is 7.94. The minimum atomic E-state index is -3.66. The number of benzene rings is 1. The Kier molecular flexibility index (Phi) is 4.96. The van der Waals surface area contributed by atoms with Crippen molar-refractivity contribution in [2.45, 2.75) is 18.7 Å². The molecule has 0 aliphatic carbocycles. The lowest BCUT2D eigenvalue weighted by atomic mass is 10.3. The number of para-hydroxylation sites is 1. The minimum absolute atomic E-state index is 0.0278. The smallest absolute Gasteiger partial charge is 0.240 e. The number of nitrogens with zero attached hydrogens (tertiary/aromatic N) is 2. The molecule has 0 radical (unpaired) electrons. The zero-order chi connectivity index (χ0) is 14.5. The van der Waals surface area contributed by atoms with Crippen LogP contribution >= 0.6 is 0 Å². The van der Waals surface area contributed by atoms with Gasteiger partial charge in [0.05, 0.1) is 5.69 Å². The van der Waals surface area contributed by atoms with Gasteiger partial charge >= 0.3 is 0 Å². The molecule has 0 aliphatic heterocycles. The Morgan fingerprint density at radius 2 is 1.74 bits per heavy atom. The molecule has 4 N–H and O–H groups in total. The zero-order valence-electron chi connectivity index (χ0n) is 10.7. The second-order valence-electron chi connectivity index (χ2n) is 3.83. The molecule has 6 nitrogen and oxygen atoms in total. The summed E-state index contributed by atoms with van der Waals surface area (Å²) in [5.74, 6) is 0.838. The molecule has 0 amide bonds. The summed E-state index contributed by atoms with van der Waals surface area (Å²) in [4.78, 5) is 7.96. The van der Waals surface area contributed by atoms with E-state index in [4.69, 9.17) is 10.9 Å². The predicted molar refractivity (Wildman–Crippen MR) is 73.7 cm³/mol. The average Bonchev–Trinajstić information content (AvgIpc) is 2.28. The Labute approximate surface area is 112 Å². The topological polar surface area (TPSA) is 112 Å². The van der Waals surface area contributed by atoms with Gasteiger partial charge in [-0.3, -0.25) is 0 Å². The van der Waals surface area contributed by atoms with E-state index in [9.17, 15) is 8.42 Å². The van der Waals surface area contributed by atoms with Gasteiger partial charge in [0.25, 0.3) is 0 Å². The molecule has 0 saturated carbocycles. The van der Waals surface area contributed by atoms with E-state index < -0.39 is 10.0 Å². The van der Waals surface area contributed by atoms with Gasteiger partial charge in [0.2, 0.25) is 10.0 Å². The number of nitrogen functional groups attached to an aromatic ring is 1. The van der Waals surface area contributed by atoms with Gasteiger partial charge in [-0.15, -0.1) is 0 Å². The molecule has 0 fully saturated rings. The molecule has 0 saturated heterocycles. The normalized spacial score (nSPS) is 10.5. The first kappa shape index (κ1) is 15.1. The maximum Gasteiger partial charge on any atom is 0.240 e. The Bertz CT molecular complexity index is 639. The summed E-state index contributed by atoms with van der Waals surface area (Å²) < 4.78 is 21.5. The monoisotopic (exact) mass is 280 g/mol. The van der Waals surface area contributed by atoms with Crippen LogP contribution in [0.5, 0.6) is 0 Å². The zero-order valence-corrected chi connectivity index (χ0v) is 11.6. The van der Waals surface area contributed by atoms with Crippen LogP contribution in [0.3, 0.4) is 0 Å². The second kappa shape index (κ2) is 6.26. The Balaban J connectivity index is 0.000000200. The van der Waals surface area contributed by atoms with Gasteiger partial charge in [-0.2, -0.15) is 0 Å². The predicted octanol–water partition coefficient (Wildman–Crippen LogP) is 1.01. The van der Waals surface area contributed by atoms with E-state index in [0.29, 0.717) is 0 Å². The molecule has 102 valence electrons. The SMILES string of the molecule is Cc1ccnc(C)n1.Nc1ccccc1S(N)(=O)=O. The van der Waals surface area contributed by atoms with E-state index in [-0.39, 0.29) is 10.6 Å². The summed E-state index contributed by atoms with van der Waals surface area (Å²) in [5, 5.41) is 4.85. The number of hydrogen-bond donors (Lipinski definition) is 2.